The van der Waals surface area contributed by atoms with Crippen molar-refractivity contribution in [3.63, 3.8) is 0 Å². The molecule has 2 aromatic rings. The smallest absolute Gasteiger partial charge is 0.240 e. The molecule has 0 fully saturated rings. The Kier molecular flexibility index (Phi) is 3.77. The lowest BCUT2D eigenvalue weighted by atomic mass is 10.3. The van der Waals surface area contributed by atoms with E-state index in [4.69, 9.17) is 10.9 Å². The van der Waals surface area contributed by atoms with Crippen LogP contribution in [0.2, 0.25) is 0 Å². The van der Waals surface area contributed by atoms with Gasteiger partial charge in [-0.1, -0.05) is 6.92 Å². The van der Waals surface area contributed by atoms with Gasteiger partial charge in [0.15, 0.2) is 5.65 Å². The predicted molar refractivity (Wildman–Crippen MR) is 66.5 cm³/mol. The Morgan fingerprint density at radius 2 is 2.41 bits per heavy atom. The summed E-state index contributed by atoms with van der Waals surface area (Å²) in [6.45, 7) is 2.19. The van der Waals surface area contributed by atoms with Crippen LogP contribution in [0.5, 0.6) is 0 Å². The summed E-state index contributed by atoms with van der Waals surface area (Å²) in [5.41, 5.74) is 3.07. The fraction of sp³-hybridized carbons (Fsp3) is 0.444. The van der Waals surface area contributed by atoms with E-state index in [1.165, 1.54) is 0 Å². The molecule has 8 heteroatoms. The minimum Gasteiger partial charge on any atom is -0.396 e. The molecule has 0 saturated heterocycles. The van der Waals surface area contributed by atoms with Gasteiger partial charge in [-0.25, -0.2) is 10.8 Å². The van der Waals surface area contributed by atoms with E-state index in [9.17, 15) is 0 Å². The maximum Gasteiger partial charge on any atom is 0.240 e. The van der Waals surface area contributed by atoms with Crippen molar-refractivity contribution in [1.82, 2.24) is 20.2 Å². The number of rotatable bonds is 5. The molecule has 17 heavy (non-hydrogen) atoms. The average Bonchev–Trinajstić information content (AvgIpc) is 2.77. The third-order valence-corrected chi connectivity index (χ3v) is 3.42. The SMILES string of the molecule is CC(CCO)Sc1nc(NN)nc2[nH]ncc12. The van der Waals surface area contributed by atoms with E-state index in [0.29, 0.717) is 18.0 Å². The molecule has 0 spiro atoms. The number of hydrogen-bond donors (Lipinski definition) is 4. The molecule has 92 valence electrons. The second kappa shape index (κ2) is 5.30. The van der Waals surface area contributed by atoms with Crippen LogP contribution in [0.25, 0.3) is 11.0 Å². The Labute approximate surface area is 102 Å². The van der Waals surface area contributed by atoms with Gasteiger partial charge in [0.2, 0.25) is 5.95 Å². The van der Waals surface area contributed by atoms with Crippen LogP contribution in [0.4, 0.5) is 5.95 Å². The maximum atomic E-state index is 8.89. The number of H-pyrrole nitrogens is 1. The van der Waals surface area contributed by atoms with Crippen molar-refractivity contribution in [2.75, 3.05) is 12.0 Å². The second-order valence-electron chi connectivity index (χ2n) is 3.57. The summed E-state index contributed by atoms with van der Waals surface area (Å²) in [6, 6.07) is 0. The molecule has 0 radical (unpaired) electrons. The monoisotopic (exact) mass is 254 g/mol. The summed E-state index contributed by atoms with van der Waals surface area (Å²) in [4.78, 5) is 8.43. The van der Waals surface area contributed by atoms with Crippen molar-refractivity contribution in [2.45, 2.75) is 23.6 Å². The summed E-state index contributed by atoms with van der Waals surface area (Å²) in [6.07, 6.45) is 2.39. The number of nitrogens with zero attached hydrogens (tertiary/aromatic N) is 3. The van der Waals surface area contributed by atoms with Crippen LogP contribution in [-0.4, -0.2) is 37.1 Å². The number of anilines is 1. The number of nitrogens with one attached hydrogen (secondary N) is 2. The Hall–Kier alpha value is -1.38. The van der Waals surface area contributed by atoms with Gasteiger partial charge >= 0.3 is 0 Å². The molecular formula is C9H14N6OS. The van der Waals surface area contributed by atoms with Gasteiger partial charge in [-0.3, -0.25) is 10.5 Å². The molecule has 2 rings (SSSR count). The van der Waals surface area contributed by atoms with Crippen molar-refractivity contribution in [3.05, 3.63) is 6.20 Å². The number of hydrogen-bond acceptors (Lipinski definition) is 7. The third-order valence-electron chi connectivity index (χ3n) is 2.25. The maximum absolute atomic E-state index is 8.89. The number of fused-ring (bicyclic) bond motifs is 1. The van der Waals surface area contributed by atoms with Crippen molar-refractivity contribution >= 4 is 28.7 Å². The number of aromatic amines is 1. The molecule has 0 aromatic carbocycles. The quantitative estimate of drug-likeness (QED) is 0.266. The molecular weight excluding hydrogens is 240 g/mol. The highest BCUT2D eigenvalue weighted by Crippen LogP contribution is 2.29. The van der Waals surface area contributed by atoms with Crippen LogP contribution in [0.3, 0.4) is 0 Å². The Morgan fingerprint density at radius 1 is 1.59 bits per heavy atom. The summed E-state index contributed by atoms with van der Waals surface area (Å²) in [7, 11) is 0. The van der Waals surface area contributed by atoms with E-state index in [0.717, 1.165) is 10.4 Å². The van der Waals surface area contributed by atoms with Crippen molar-refractivity contribution < 1.29 is 5.11 Å². The lowest BCUT2D eigenvalue weighted by Crippen LogP contribution is -2.11. The van der Waals surface area contributed by atoms with Gasteiger partial charge in [-0.2, -0.15) is 10.1 Å². The molecule has 2 aromatic heterocycles. The molecule has 0 aliphatic carbocycles. The summed E-state index contributed by atoms with van der Waals surface area (Å²) in [5, 5.41) is 17.5. The van der Waals surface area contributed by atoms with Crippen LogP contribution < -0.4 is 11.3 Å². The van der Waals surface area contributed by atoms with Gasteiger partial charge in [-0.05, 0) is 6.42 Å². The number of aliphatic hydroxyl groups is 1. The minimum absolute atomic E-state index is 0.162. The molecule has 7 nitrogen and oxygen atoms in total. The van der Waals surface area contributed by atoms with Gasteiger partial charge in [0.05, 0.1) is 11.6 Å². The van der Waals surface area contributed by atoms with E-state index in [1.54, 1.807) is 18.0 Å². The van der Waals surface area contributed by atoms with Gasteiger partial charge in [0.1, 0.15) is 5.03 Å². The molecule has 0 aliphatic heterocycles. The first-order chi connectivity index (χ1) is 8.24. The zero-order valence-electron chi connectivity index (χ0n) is 9.34. The predicted octanol–water partition coefficient (Wildman–Crippen LogP) is 0.501. The topological polar surface area (TPSA) is 113 Å². The lowest BCUT2D eigenvalue weighted by molar-refractivity contribution is 0.289. The van der Waals surface area contributed by atoms with Crippen molar-refractivity contribution in [3.8, 4) is 0 Å². The van der Waals surface area contributed by atoms with Crippen LogP contribution in [0, 0.1) is 0 Å². The molecule has 0 amide bonds. The van der Waals surface area contributed by atoms with Crippen LogP contribution in [-0.2, 0) is 0 Å². The first-order valence-electron chi connectivity index (χ1n) is 5.20. The molecule has 0 bridgehead atoms. The van der Waals surface area contributed by atoms with E-state index in [2.05, 4.69) is 25.6 Å². The average molecular weight is 254 g/mol. The molecule has 0 aliphatic rings. The van der Waals surface area contributed by atoms with Gasteiger partial charge in [0, 0.05) is 11.9 Å². The summed E-state index contributed by atoms with van der Waals surface area (Å²) < 4.78 is 0. The lowest BCUT2D eigenvalue weighted by Gasteiger charge is -2.09. The highest BCUT2D eigenvalue weighted by Gasteiger charge is 2.12. The molecule has 1 atom stereocenters. The normalized spacial score (nSPS) is 12.9. The van der Waals surface area contributed by atoms with Crippen LogP contribution in [0.1, 0.15) is 13.3 Å². The number of thioether (sulfide) groups is 1. The standard InChI is InChI=1S/C9H14N6OS/c1-5(2-3-16)17-8-6-4-11-15-7(6)12-9(13-8)14-10/h4-5,16H,2-3,10H2,1H3,(H2,11,12,13,14,15). The number of nitrogens with two attached hydrogens (primary N) is 1. The molecule has 0 saturated carbocycles. The van der Waals surface area contributed by atoms with Gasteiger partial charge < -0.3 is 5.11 Å². The van der Waals surface area contributed by atoms with Crippen LogP contribution in [0.15, 0.2) is 11.2 Å². The third kappa shape index (κ3) is 2.65. The Balaban J connectivity index is 2.33. The van der Waals surface area contributed by atoms with Crippen LogP contribution >= 0.6 is 11.8 Å². The molecule has 5 N–H and O–H groups in total. The van der Waals surface area contributed by atoms with Gasteiger partial charge in [0.25, 0.3) is 0 Å². The largest absolute Gasteiger partial charge is 0.396 e. The molecule has 1 unspecified atom stereocenters. The number of aromatic nitrogens is 4. The fourth-order valence-electron chi connectivity index (χ4n) is 1.39. The van der Waals surface area contributed by atoms with Crippen molar-refractivity contribution in [2.24, 2.45) is 5.84 Å². The number of hydrazine groups is 1. The van der Waals surface area contributed by atoms with E-state index in [-0.39, 0.29) is 11.9 Å². The van der Waals surface area contributed by atoms with Crippen molar-refractivity contribution in [1.29, 1.82) is 0 Å². The summed E-state index contributed by atoms with van der Waals surface area (Å²) in [5.74, 6) is 5.66. The van der Waals surface area contributed by atoms with E-state index < -0.39 is 0 Å². The first-order valence-corrected chi connectivity index (χ1v) is 6.07. The Bertz CT molecular complexity index is 501. The van der Waals surface area contributed by atoms with Gasteiger partial charge in [-0.15, -0.1) is 11.8 Å². The molecule has 2 heterocycles. The zero-order chi connectivity index (χ0) is 12.3. The van der Waals surface area contributed by atoms with E-state index in [1.807, 2.05) is 6.92 Å². The van der Waals surface area contributed by atoms with E-state index >= 15 is 0 Å². The minimum atomic E-state index is 0.162. The number of nitrogen functional groups attached to an aromatic ring is 1. The summed E-state index contributed by atoms with van der Waals surface area (Å²) >= 11 is 1.57. The second-order valence-corrected chi connectivity index (χ2v) is 5.00. The highest BCUT2D eigenvalue weighted by molar-refractivity contribution is 8.00. The zero-order valence-corrected chi connectivity index (χ0v) is 10.2. The Morgan fingerprint density at radius 3 is 3.12 bits per heavy atom. The first kappa shape index (κ1) is 12.1. The highest BCUT2D eigenvalue weighted by atomic mass is 32.2. The fourth-order valence-corrected chi connectivity index (χ4v) is 2.41. The number of aliphatic hydroxyl groups excluding tert-OH is 1.